The SMILES string of the molecule is O=[N+]([O-])c1ccc(C=NNc2ncc(C(F)(F)F)cc2Cl)cc1. The van der Waals surface area contributed by atoms with Crippen molar-refractivity contribution in [2.45, 2.75) is 6.18 Å². The van der Waals surface area contributed by atoms with E-state index in [2.05, 4.69) is 15.5 Å². The van der Waals surface area contributed by atoms with E-state index in [9.17, 15) is 23.3 Å². The molecule has 1 N–H and O–H groups in total. The predicted molar refractivity (Wildman–Crippen MR) is 78.6 cm³/mol. The van der Waals surface area contributed by atoms with Crippen molar-refractivity contribution < 1.29 is 18.1 Å². The van der Waals surface area contributed by atoms with Crippen LogP contribution in [0, 0.1) is 10.1 Å². The standard InChI is InChI=1S/C13H8ClF3N4O2/c14-11-5-9(13(15,16)17)7-18-12(11)20-19-6-8-1-3-10(4-2-8)21(22)23/h1-7H,(H,18,20). The maximum Gasteiger partial charge on any atom is 0.417 e. The van der Waals surface area contributed by atoms with Gasteiger partial charge in [0.1, 0.15) is 0 Å². The molecule has 1 heterocycles. The number of hydrogen-bond acceptors (Lipinski definition) is 5. The van der Waals surface area contributed by atoms with Crippen molar-refractivity contribution in [3.63, 3.8) is 0 Å². The zero-order valence-corrected chi connectivity index (χ0v) is 12.0. The molecule has 120 valence electrons. The van der Waals surface area contributed by atoms with Crippen LogP contribution in [0.2, 0.25) is 5.02 Å². The van der Waals surface area contributed by atoms with Gasteiger partial charge >= 0.3 is 6.18 Å². The molecule has 0 amide bonds. The highest BCUT2D eigenvalue weighted by atomic mass is 35.5. The Hall–Kier alpha value is -2.68. The maximum atomic E-state index is 12.5. The van der Waals surface area contributed by atoms with Crippen LogP contribution in [-0.2, 0) is 6.18 Å². The van der Waals surface area contributed by atoms with Gasteiger partial charge in [-0.25, -0.2) is 4.98 Å². The molecule has 0 radical (unpaired) electrons. The molecule has 0 spiro atoms. The number of halogens is 4. The molecule has 1 aromatic carbocycles. The van der Waals surface area contributed by atoms with Gasteiger partial charge in [0.15, 0.2) is 5.82 Å². The maximum absolute atomic E-state index is 12.5. The molecular weight excluding hydrogens is 337 g/mol. The summed E-state index contributed by atoms with van der Waals surface area (Å²) in [6, 6.07) is 6.25. The molecule has 0 unspecified atom stereocenters. The van der Waals surface area contributed by atoms with Crippen molar-refractivity contribution in [1.82, 2.24) is 4.98 Å². The molecule has 23 heavy (non-hydrogen) atoms. The van der Waals surface area contributed by atoms with Gasteiger partial charge in [-0.2, -0.15) is 18.3 Å². The van der Waals surface area contributed by atoms with Crippen LogP contribution in [-0.4, -0.2) is 16.1 Å². The molecule has 2 aromatic rings. The van der Waals surface area contributed by atoms with Gasteiger partial charge in [-0.1, -0.05) is 11.6 Å². The van der Waals surface area contributed by atoms with E-state index < -0.39 is 16.7 Å². The summed E-state index contributed by atoms with van der Waals surface area (Å²) in [5.41, 5.74) is 1.92. The molecule has 1 aromatic heterocycles. The molecule has 6 nitrogen and oxygen atoms in total. The zero-order chi connectivity index (χ0) is 17.0. The van der Waals surface area contributed by atoms with Crippen LogP contribution in [0.3, 0.4) is 0 Å². The molecule has 0 atom stereocenters. The number of nitro benzene ring substituents is 1. The summed E-state index contributed by atoms with van der Waals surface area (Å²) in [6.45, 7) is 0. The van der Waals surface area contributed by atoms with Crippen molar-refractivity contribution in [3.8, 4) is 0 Å². The Morgan fingerprint density at radius 3 is 2.48 bits per heavy atom. The monoisotopic (exact) mass is 344 g/mol. The van der Waals surface area contributed by atoms with E-state index in [-0.39, 0.29) is 16.5 Å². The number of nitrogens with zero attached hydrogens (tertiary/aromatic N) is 3. The number of nitrogens with one attached hydrogen (secondary N) is 1. The van der Waals surface area contributed by atoms with Crippen LogP contribution in [0.5, 0.6) is 0 Å². The average molecular weight is 345 g/mol. The Labute approximate surface area is 132 Å². The first-order valence-corrected chi connectivity index (χ1v) is 6.41. The van der Waals surface area contributed by atoms with Gasteiger partial charge in [0, 0.05) is 18.3 Å². The Balaban J connectivity index is 2.07. The summed E-state index contributed by atoms with van der Waals surface area (Å²) in [6.07, 6.45) is -2.58. The normalized spacial score (nSPS) is 11.7. The highest BCUT2D eigenvalue weighted by Gasteiger charge is 2.31. The Kier molecular flexibility index (Phi) is 4.80. The predicted octanol–water partition coefficient (Wildman–Crippen LogP) is 4.11. The van der Waals surface area contributed by atoms with Crippen LogP contribution in [0.25, 0.3) is 0 Å². The number of non-ortho nitro benzene ring substituents is 1. The molecular formula is C13H8ClF3N4O2. The van der Waals surface area contributed by atoms with E-state index in [1.807, 2.05) is 0 Å². The molecule has 0 bridgehead atoms. The van der Waals surface area contributed by atoms with E-state index in [1.165, 1.54) is 30.5 Å². The second-order valence-corrected chi connectivity index (χ2v) is 4.68. The van der Waals surface area contributed by atoms with Gasteiger partial charge < -0.3 is 0 Å². The Morgan fingerprint density at radius 2 is 1.96 bits per heavy atom. The third-order valence-corrected chi connectivity index (χ3v) is 2.94. The van der Waals surface area contributed by atoms with Gasteiger partial charge in [-0.05, 0) is 23.8 Å². The first-order valence-electron chi connectivity index (χ1n) is 6.03. The minimum atomic E-state index is -4.53. The van der Waals surface area contributed by atoms with Crippen molar-refractivity contribution in [1.29, 1.82) is 0 Å². The van der Waals surface area contributed by atoms with Crippen molar-refractivity contribution >= 4 is 29.3 Å². The summed E-state index contributed by atoms with van der Waals surface area (Å²) in [5.74, 6) is -0.0437. The average Bonchev–Trinajstić information content (AvgIpc) is 2.48. The van der Waals surface area contributed by atoms with Crippen molar-refractivity contribution in [3.05, 3.63) is 62.8 Å². The fourth-order valence-corrected chi connectivity index (χ4v) is 1.73. The van der Waals surface area contributed by atoms with E-state index >= 15 is 0 Å². The van der Waals surface area contributed by atoms with E-state index in [0.717, 1.165) is 6.07 Å². The summed E-state index contributed by atoms with van der Waals surface area (Å²) in [4.78, 5) is 13.5. The largest absolute Gasteiger partial charge is 0.417 e. The van der Waals surface area contributed by atoms with E-state index in [0.29, 0.717) is 11.8 Å². The molecule has 0 aliphatic rings. The fraction of sp³-hybridized carbons (Fsp3) is 0.0769. The summed E-state index contributed by atoms with van der Waals surface area (Å²) in [7, 11) is 0. The van der Waals surface area contributed by atoms with Crippen LogP contribution in [0.15, 0.2) is 41.6 Å². The number of nitro groups is 1. The van der Waals surface area contributed by atoms with Gasteiger partial charge in [0.2, 0.25) is 0 Å². The number of rotatable bonds is 4. The fourth-order valence-electron chi connectivity index (χ4n) is 1.53. The second-order valence-electron chi connectivity index (χ2n) is 4.27. The molecule has 2 rings (SSSR count). The van der Waals surface area contributed by atoms with E-state index in [4.69, 9.17) is 11.6 Å². The number of hydrazone groups is 1. The zero-order valence-electron chi connectivity index (χ0n) is 11.2. The first kappa shape index (κ1) is 16.7. The lowest BCUT2D eigenvalue weighted by Gasteiger charge is -2.08. The first-order chi connectivity index (χ1) is 10.8. The topological polar surface area (TPSA) is 80.4 Å². The molecule has 0 fully saturated rings. The summed E-state index contributed by atoms with van der Waals surface area (Å²) >= 11 is 5.70. The smallest absolute Gasteiger partial charge is 0.260 e. The second kappa shape index (κ2) is 6.61. The van der Waals surface area contributed by atoms with Gasteiger partial charge in [0.05, 0.1) is 21.7 Å². The minimum absolute atomic E-state index is 0.0437. The van der Waals surface area contributed by atoms with Gasteiger partial charge in [0.25, 0.3) is 5.69 Å². The van der Waals surface area contributed by atoms with Gasteiger partial charge in [-0.3, -0.25) is 15.5 Å². The minimum Gasteiger partial charge on any atom is -0.260 e. The van der Waals surface area contributed by atoms with Crippen LogP contribution >= 0.6 is 11.6 Å². The number of anilines is 1. The number of pyridine rings is 1. The summed E-state index contributed by atoms with van der Waals surface area (Å²) < 4.78 is 37.4. The molecule has 0 saturated heterocycles. The third-order valence-electron chi connectivity index (χ3n) is 2.66. The highest BCUT2D eigenvalue weighted by molar-refractivity contribution is 6.32. The summed E-state index contributed by atoms with van der Waals surface area (Å²) in [5, 5.41) is 14.0. The molecule has 0 aliphatic heterocycles. The highest BCUT2D eigenvalue weighted by Crippen LogP contribution is 2.32. The van der Waals surface area contributed by atoms with Crippen LogP contribution in [0.4, 0.5) is 24.7 Å². The Bertz CT molecular complexity index is 748. The van der Waals surface area contributed by atoms with Crippen molar-refractivity contribution in [2.75, 3.05) is 5.43 Å². The van der Waals surface area contributed by atoms with Crippen LogP contribution in [0.1, 0.15) is 11.1 Å². The molecule has 0 aliphatic carbocycles. The molecule has 10 heteroatoms. The number of benzene rings is 1. The quantitative estimate of drug-likeness (QED) is 0.514. The lowest BCUT2D eigenvalue weighted by Crippen LogP contribution is -2.06. The van der Waals surface area contributed by atoms with Crippen LogP contribution < -0.4 is 5.43 Å². The van der Waals surface area contributed by atoms with E-state index in [1.54, 1.807) is 0 Å². The lowest BCUT2D eigenvalue weighted by molar-refractivity contribution is -0.384. The van der Waals surface area contributed by atoms with Crippen molar-refractivity contribution in [2.24, 2.45) is 5.10 Å². The third kappa shape index (κ3) is 4.39. The lowest BCUT2D eigenvalue weighted by atomic mass is 10.2. The number of alkyl halides is 3. The number of aromatic nitrogens is 1. The number of hydrogen-bond donors (Lipinski definition) is 1. The Morgan fingerprint density at radius 1 is 1.30 bits per heavy atom. The molecule has 0 saturated carbocycles. The van der Waals surface area contributed by atoms with Gasteiger partial charge in [-0.15, -0.1) is 0 Å².